The van der Waals surface area contributed by atoms with Gasteiger partial charge in [0, 0.05) is 49.3 Å². The zero-order chi connectivity index (χ0) is 43.3. The molecule has 0 spiro atoms. The zero-order valence-corrected chi connectivity index (χ0v) is 36.7. The average Bonchev–Trinajstić information content (AvgIpc) is 4.04. The molecule has 0 fully saturated rings. The van der Waals surface area contributed by atoms with Crippen LogP contribution in [0.3, 0.4) is 0 Å². The molecule has 0 amide bonds. The summed E-state index contributed by atoms with van der Waals surface area (Å²) in [6.45, 7) is 9.48. The van der Waals surface area contributed by atoms with E-state index in [2.05, 4.69) is 215 Å². The number of anilines is 3. The van der Waals surface area contributed by atoms with Crippen molar-refractivity contribution in [3.8, 4) is 33.4 Å². The van der Waals surface area contributed by atoms with Crippen LogP contribution < -0.4 is 4.90 Å². The minimum Gasteiger partial charge on any atom is -0.456 e. The van der Waals surface area contributed by atoms with Gasteiger partial charge in [0.15, 0.2) is 5.58 Å². The van der Waals surface area contributed by atoms with Crippen molar-refractivity contribution >= 4 is 82.5 Å². The molecule has 2 heterocycles. The second-order valence-corrected chi connectivity index (χ2v) is 19.2. The van der Waals surface area contributed by atoms with Crippen molar-refractivity contribution in [2.24, 2.45) is 0 Å². The van der Waals surface area contributed by atoms with Crippen LogP contribution in [0.5, 0.6) is 0 Å². The van der Waals surface area contributed by atoms with E-state index < -0.39 is 0 Å². The molecule has 0 bridgehead atoms. The highest BCUT2D eigenvalue weighted by Crippen LogP contribution is 2.56. The van der Waals surface area contributed by atoms with Crippen molar-refractivity contribution in [1.29, 1.82) is 0 Å². The normalized spacial score (nSPS) is 14.4. The van der Waals surface area contributed by atoms with E-state index in [0.717, 1.165) is 72.1 Å². The molecular weight excluding hydrogens is 791 g/mol. The molecule has 65 heavy (non-hydrogen) atoms. The number of hydrogen-bond acceptors (Lipinski definition) is 3. The summed E-state index contributed by atoms with van der Waals surface area (Å²) in [6.07, 6.45) is 0. The SMILES string of the molecule is CC1(C)c2ccccc2-c2ccc(N(c3ccc4c(c3)C(C)(C)c3ccccc3-4)c3c(-c4cc5ccccc5c5ccccc45)ccc4c3oc3ccc5oc6ccccc6c5c34)cc21. The fraction of sp³-hybridized carbons (Fsp3) is 0.0968. The van der Waals surface area contributed by atoms with Gasteiger partial charge in [-0.3, -0.25) is 0 Å². The van der Waals surface area contributed by atoms with Crippen molar-refractivity contribution < 1.29 is 8.83 Å². The van der Waals surface area contributed by atoms with Crippen molar-refractivity contribution in [2.45, 2.75) is 38.5 Å². The van der Waals surface area contributed by atoms with Gasteiger partial charge in [0.1, 0.15) is 16.7 Å². The Morgan fingerprint density at radius 1 is 0.338 bits per heavy atom. The molecule has 3 nitrogen and oxygen atoms in total. The molecular formula is C62H43NO2. The number of nitrogens with zero attached hydrogens (tertiary/aromatic N) is 1. The minimum absolute atomic E-state index is 0.203. The van der Waals surface area contributed by atoms with Crippen LogP contribution in [-0.2, 0) is 10.8 Å². The molecule has 0 atom stereocenters. The van der Waals surface area contributed by atoms with Crippen LogP contribution in [0.2, 0.25) is 0 Å². The minimum atomic E-state index is -0.203. The van der Waals surface area contributed by atoms with Crippen LogP contribution in [0, 0.1) is 0 Å². The summed E-state index contributed by atoms with van der Waals surface area (Å²) in [4.78, 5) is 2.51. The summed E-state index contributed by atoms with van der Waals surface area (Å²) in [6, 6.07) is 69.2. The highest BCUT2D eigenvalue weighted by molar-refractivity contribution is 6.28. The Labute approximate surface area is 376 Å². The maximum atomic E-state index is 7.38. The molecule has 10 aromatic carbocycles. The van der Waals surface area contributed by atoms with Gasteiger partial charge in [-0.25, -0.2) is 0 Å². The average molecular weight is 834 g/mol. The molecule has 2 aliphatic rings. The quantitative estimate of drug-likeness (QED) is 0.165. The van der Waals surface area contributed by atoms with Gasteiger partial charge < -0.3 is 13.7 Å². The van der Waals surface area contributed by atoms with E-state index in [4.69, 9.17) is 8.83 Å². The van der Waals surface area contributed by atoms with E-state index in [-0.39, 0.29) is 10.8 Å². The standard InChI is InChI=1S/C62H43NO2/c1-61(2)50-22-12-9-19-42(50)44-27-25-37(34-52(44)61)63(38-26-28-45-43-20-10-13-23-51(43)62(3,4)53(45)35-38)59-46(49-33-36-15-5-6-16-39(36)40-17-7-8-18-41(40)49)29-30-48-58-56(65-60(48)59)32-31-55-57(58)47-21-11-14-24-54(47)64-55/h5-35H,1-4H3. The van der Waals surface area contributed by atoms with Crippen molar-refractivity contribution in [3.05, 3.63) is 210 Å². The number of rotatable bonds is 4. The van der Waals surface area contributed by atoms with Crippen molar-refractivity contribution in [3.63, 3.8) is 0 Å². The molecule has 14 rings (SSSR count). The maximum Gasteiger partial charge on any atom is 0.160 e. The Morgan fingerprint density at radius 2 is 0.846 bits per heavy atom. The van der Waals surface area contributed by atoms with E-state index in [1.807, 2.05) is 6.07 Å². The van der Waals surface area contributed by atoms with Crippen LogP contribution in [0.4, 0.5) is 17.1 Å². The maximum absolute atomic E-state index is 7.38. The molecule has 0 N–H and O–H groups in total. The molecule has 2 aliphatic carbocycles. The number of hydrogen-bond donors (Lipinski definition) is 0. The van der Waals surface area contributed by atoms with Crippen molar-refractivity contribution in [2.75, 3.05) is 4.90 Å². The molecule has 0 saturated heterocycles. The summed E-state index contributed by atoms with van der Waals surface area (Å²) in [7, 11) is 0. The second-order valence-electron chi connectivity index (χ2n) is 19.2. The lowest BCUT2D eigenvalue weighted by Gasteiger charge is -2.31. The predicted molar refractivity (Wildman–Crippen MR) is 271 cm³/mol. The number of para-hydroxylation sites is 1. The van der Waals surface area contributed by atoms with Gasteiger partial charge in [0.2, 0.25) is 0 Å². The number of fused-ring (bicyclic) bond motifs is 16. The van der Waals surface area contributed by atoms with Crippen LogP contribution >= 0.6 is 0 Å². The fourth-order valence-electron chi connectivity index (χ4n) is 11.9. The topological polar surface area (TPSA) is 29.5 Å². The molecule has 12 aromatic rings. The first-order chi connectivity index (χ1) is 31.8. The van der Waals surface area contributed by atoms with Crippen molar-refractivity contribution in [1.82, 2.24) is 0 Å². The summed E-state index contributed by atoms with van der Waals surface area (Å²) in [5, 5.41) is 9.13. The lowest BCUT2D eigenvalue weighted by atomic mass is 9.82. The third-order valence-corrected chi connectivity index (χ3v) is 15.1. The molecule has 0 aliphatic heterocycles. The monoisotopic (exact) mass is 833 g/mol. The fourth-order valence-corrected chi connectivity index (χ4v) is 11.9. The van der Waals surface area contributed by atoms with Gasteiger partial charge in [0.05, 0.1) is 5.69 Å². The zero-order valence-electron chi connectivity index (χ0n) is 36.7. The summed E-state index contributed by atoms with van der Waals surface area (Å²) >= 11 is 0. The first kappa shape index (κ1) is 36.6. The van der Waals surface area contributed by atoms with Crippen LogP contribution in [-0.4, -0.2) is 0 Å². The van der Waals surface area contributed by atoms with Gasteiger partial charge in [-0.05, 0) is 126 Å². The van der Waals surface area contributed by atoms with Gasteiger partial charge in [-0.15, -0.1) is 0 Å². The highest BCUT2D eigenvalue weighted by Gasteiger charge is 2.38. The predicted octanol–water partition coefficient (Wildman–Crippen LogP) is 17.5. The van der Waals surface area contributed by atoms with Crippen LogP contribution in [0.25, 0.3) is 98.8 Å². The Balaban J connectivity index is 1.14. The highest BCUT2D eigenvalue weighted by atomic mass is 16.3. The van der Waals surface area contributed by atoms with E-state index >= 15 is 0 Å². The van der Waals surface area contributed by atoms with Gasteiger partial charge in [0.25, 0.3) is 0 Å². The molecule has 0 unspecified atom stereocenters. The Morgan fingerprint density at radius 3 is 1.52 bits per heavy atom. The molecule has 308 valence electrons. The Bertz CT molecular complexity index is 3920. The van der Waals surface area contributed by atoms with Crippen LogP contribution in [0.1, 0.15) is 49.9 Å². The molecule has 3 heteroatoms. The Hall–Kier alpha value is -7.88. The summed E-state index contributed by atoms with van der Waals surface area (Å²) in [5.41, 5.74) is 18.9. The van der Waals surface area contributed by atoms with Gasteiger partial charge in [-0.2, -0.15) is 0 Å². The first-order valence-electron chi connectivity index (χ1n) is 22.7. The number of benzene rings is 10. The summed E-state index contributed by atoms with van der Waals surface area (Å²) in [5.74, 6) is 0. The second kappa shape index (κ2) is 12.9. The molecule has 2 aromatic heterocycles. The van der Waals surface area contributed by atoms with E-state index in [1.165, 1.54) is 66.1 Å². The lowest BCUT2D eigenvalue weighted by molar-refractivity contribution is 0.659. The summed E-state index contributed by atoms with van der Waals surface area (Å²) < 4.78 is 13.9. The third kappa shape index (κ3) is 4.90. The smallest absolute Gasteiger partial charge is 0.160 e. The lowest BCUT2D eigenvalue weighted by Crippen LogP contribution is -2.18. The van der Waals surface area contributed by atoms with E-state index in [0.29, 0.717) is 0 Å². The van der Waals surface area contributed by atoms with E-state index in [9.17, 15) is 0 Å². The first-order valence-corrected chi connectivity index (χ1v) is 22.7. The van der Waals surface area contributed by atoms with Gasteiger partial charge in [-0.1, -0.05) is 161 Å². The Kier molecular flexibility index (Phi) is 7.24. The van der Waals surface area contributed by atoms with E-state index in [1.54, 1.807) is 0 Å². The van der Waals surface area contributed by atoms with Gasteiger partial charge >= 0.3 is 0 Å². The largest absolute Gasteiger partial charge is 0.456 e. The molecule has 0 radical (unpaired) electrons. The molecule has 0 saturated carbocycles. The third-order valence-electron chi connectivity index (χ3n) is 15.1. The number of furan rings is 2. The van der Waals surface area contributed by atoms with Crippen LogP contribution in [0.15, 0.2) is 197 Å².